The number of halogens is 2. The predicted molar refractivity (Wildman–Crippen MR) is 51.4 cm³/mol. The van der Waals surface area contributed by atoms with Crippen LogP contribution in [0.3, 0.4) is 0 Å². The van der Waals surface area contributed by atoms with E-state index in [1.807, 2.05) is 0 Å². The van der Waals surface area contributed by atoms with Gasteiger partial charge in [0.15, 0.2) is 0 Å². The standard InChI is InChI=1S/C10H11F2NO2/c1-6(14)15-5-7-3-8(11)10(13-2)9(12)4-7/h3-4,13H,5H2,1-2H3. The average Bonchev–Trinajstić information content (AvgIpc) is 2.14. The molecule has 1 rings (SSSR count). The summed E-state index contributed by atoms with van der Waals surface area (Å²) in [6.07, 6.45) is 0. The first-order chi connectivity index (χ1) is 7.04. The normalized spacial score (nSPS) is 9.87. The Morgan fingerprint density at radius 2 is 1.93 bits per heavy atom. The molecule has 0 aliphatic rings. The SMILES string of the molecule is CNc1c(F)cc(COC(C)=O)cc1F. The van der Waals surface area contributed by atoms with Gasteiger partial charge in [-0.1, -0.05) is 0 Å². The highest BCUT2D eigenvalue weighted by Gasteiger charge is 2.09. The van der Waals surface area contributed by atoms with E-state index in [4.69, 9.17) is 0 Å². The lowest BCUT2D eigenvalue weighted by Gasteiger charge is -2.07. The number of esters is 1. The van der Waals surface area contributed by atoms with E-state index in [9.17, 15) is 13.6 Å². The fourth-order valence-electron chi connectivity index (χ4n) is 1.13. The third-order valence-corrected chi connectivity index (χ3v) is 1.79. The van der Waals surface area contributed by atoms with Crippen molar-refractivity contribution in [3.05, 3.63) is 29.3 Å². The van der Waals surface area contributed by atoms with E-state index in [1.165, 1.54) is 14.0 Å². The first-order valence-electron chi connectivity index (χ1n) is 4.33. The summed E-state index contributed by atoms with van der Waals surface area (Å²) in [6.45, 7) is 1.10. The first kappa shape index (κ1) is 11.4. The number of hydrogen-bond acceptors (Lipinski definition) is 3. The molecular weight excluding hydrogens is 204 g/mol. The molecule has 0 fully saturated rings. The van der Waals surface area contributed by atoms with Crippen LogP contribution >= 0.6 is 0 Å². The third-order valence-electron chi connectivity index (χ3n) is 1.79. The molecule has 5 heteroatoms. The van der Waals surface area contributed by atoms with Crippen LogP contribution in [0, 0.1) is 11.6 Å². The van der Waals surface area contributed by atoms with Crippen molar-refractivity contribution in [2.75, 3.05) is 12.4 Å². The summed E-state index contributed by atoms with van der Waals surface area (Å²) in [5.41, 5.74) is 0.0841. The highest BCUT2D eigenvalue weighted by atomic mass is 19.1. The zero-order valence-electron chi connectivity index (χ0n) is 8.43. The highest BCUT2D eigenvalue weighted by Crippen LogP contribution is 2.20. The van der Waals surface area contributed by atoms with Gasteiger partial charge in [0.05, 0.1) is 0 Å². The molecule has 1 N–H and O–H groups in total. The van der Waals surface area contributed by atoms with Gasteiger partial charge in [-0.15, -0.1) is 0 Å². The molecule has 0 radical (unpaired) electrons. The summed E-state index contributed by atoms with van der Waals surface area (Å²) in [5.74, 6) is -1.91. The van der Waals surface area contributed by atoms with Crippen molar-refractivity contribution >= 4 is 11.7 Å². The van der Waals surface area contributed by atoms with Crippen molar-refractivity contribution in [1.29, 1.82) is 0 Å². The minimum absolute atomic E-state index is 0.132. The first-order valence-corrected chi connectivity index (χ1v) is 4.33. The van der Waals surface area contributed by atoms with Gasteiger partial charge < -0.3 is 10.1 Å². The van der Waals surface area contributed by atoms with Gasteiger partial charge in [0.25, 0.3) is 0 Å². The molecule has 0 heterocycles. The fourth-order valence-corrected chi connectivity index (χ4v) is 1.13. The van der Waals surface area contributed by atoms with Crippen molar-refractivity contribution < 1.29 is 18.3 Å². The molecule has 0 aliphatic heterocycles. The molecular formula is C10H11F2NO2. The van der Waals surface area contributed by atoms with Crippen LogP contribution < -0.4 is 5.32 Å². The van der Waals surface area contributed by atoms with E-state index in [1.54, 1.807) is 0 Å². The topological polar surface area (TPSA) is 38.3 Å². The quantitative estimate of drug-likeness (QED) is 0.784. The van der Waals surface area contributed by atoms with E-state index in [0.717, 1.165) is 12.1 Å². The Morgan fingerprint density at radius 3 is 2.33 bits per heavy atom. The zero-order chi connectivity index (χ0) is 11.4. The fraction of sp³-hybridized carbons (Fsp3) is 0.300. The Hall–Kier alpha value is -1.65. The summed E-state index contributed by atoms with van der Waals surface area (Å²) >= 11 is 0. The highest BCUT2D eigenvalue weighted by molar-refractivity contribution is 5.66. The molecule has 0 amide bonds. The van der Waals surface area contributed by atoms with E-state index >= 15 is 0 Å². The van der Waals surface area contributed by atoms with Crippen molar-refractivity contribution in [1.82, 2.24) is 0 Å². The van der Waals surface area contributed by atoms with Gasteiger partial charge in [-0.2, -0.15) is 0 Å². The number of benzene rings is 1. The molecule has 0 spiro atoms. The molecule has 0 unspecified atom stereocenters. The number of nitrogens with one attached hydrogen (secondary N) is 1. The Bertz CT molecular complexity index is 357. The van der Waals surface area contributed by atoms with E-state index < -0.39 is 17.6 Å². The van der Waals surface area contributed by atoms with Crippen LogP contribution in [0.4, 0.5) is 14.5 Å². The zero-order valence-corrected chi connectivity index (χ0v) is 8.43. The number of carbonyl (C=O) groups excluding carboxylic acids is 1. The maximum atomic E-state index is 13.2. The Balaban J connectivity index is 2.88. The predicted octanol–water partition coefficient (Wildman–Crippen LogP) is 2.07. The smallest absolute Gasteiger partial charge is 0.302 e. The van der Waals surface area contributed by atoms with E-state index in [-0.39, 0.29) is 17.9 Å². The van der Waals surface area contributed by atoms with E-state index in [2.05, 4.69) is 10.1 Å². The third kappa shape index (κ3) is 2.90. The maximum absolute atomic E-state index is 13.2. The maximum Gasteiger partial charge on any atom is 0.302 e. The van der Waals surface area contributed by atoms with Crippen molar-refractivity contribution in [2.24, 2.45) is 0 Å². The van der Waals surface area contributed by atoms with Gasteiger partial charge >= 0.3 is 5.97 Å². The van der Waals surface area contributed by atoms with Gasteiger partial charge in [0.2, 0.25) is 0 Å². The summed E-state index contributed by atoms with van der Waals surface area (Å²) < 4.78 is 31.0. The molecule has 0 bridgehead atoms. The van der Waals surface area contributed by atoms with Gasteiger partial charge in [0, 0.05) is 14.0 Å². The minimum Gasteiger partial charge on any atom is -0.461 e. The number of carbonyl (C=O) groups is 1. The molecule has 1 aromatic carbocycles. The Kier molecular flexibility index (Phi) is 3.60. The van der Waals surface area contributed by atoms with Crippen molar-refractivity contribution in [3.63, 3.8) is 0 Å². The van der Waals surface area contributed by atoms with Crippen LogP contribution in [0.5, 0.6) is 0 Å². The molecule has 0 aliphatic carbocycles. The largest absolute Gasteiger partial charge is 0.461 e. The minimum atomic E-state index is -0.709. The van der Waals surface area contributed by atoms with Gasteiger partial charge in [0.1, 0.15) is 23.9 Å². The molecule has 15 heavy (non-hydrogen) atoms. The summed E-state index contributed by atoms with van der Waals surface area (Å²) in [4.78, 5) is 10.5. The van der Waals surface area contributed by atoms with Gasteiger partial charge in [-0.05, 0) is 17.7 Å². The van der Waals surface area contributed by atoms with Crippen LogP contribution in [0.2, 0.25) is 0 Å². The van der Waals surface area contributed by atoms with Crippen molar-refractivity contribution in [3.8, 4) is 0 Å². The lowest BCUT2D eigenvalue weighted by atomic mass is 10.2. The van der Waals surface area contributed by atoms with Crippen LogP contribution in [-0.2, 0) is 16.1 Å². The second-order valence-corrected chi connectivity index (χ2v) is 2.96. The lowest BCUT2D eigenvalue weighted by molar-refractivity contribution is -0.142. The monoisotopic (exact) mass is 215 g/mol. The molecule has 0 saturated carbocycles. The van der Waals surface area contributed by atoms with Crippen LogP contribution in [-0.4, -0.2) is 13.0 Å². The number of ether oxygens (including phenoxy) is 1. The number of hydrogen-bond donors (Lipinski definition) is 1. The summed E-state index contributed by atoms with van der Waals surface area (Å²) in [6, 6.07) is 2.25. The molecule has 0 saturated heterocycles. The van der Waals surface area contributed by atoms with Crippen LogP contribution in [0.15, 0.2) is 12.1 Å². The van der Waals surface area contributed by atoms with Crippen LogP contribution in [0.25, 0.3) is 0 Å². The van der Waals surface area contributed by atoms with Crippen LogP contribution in [0.1, 0.15) is 12.5 Å². The molecule has 0 atom stereocenters. The van der Waals surface area contributed by atoms with E-state index in [0.29, 0.717) is 0 Å². The second kappa shape index (κ2) is 4.72. The molecule has 0 aromatic heterocycles. The summed E-state index contributed by atoms with van der Waals surface area (Å²) in [7, 11) is 1.42. The number of rotatable bonds is 3. The average molecular weight is 215 g/mol. The molecule has 82 valence electrons. The van der Waals surface area contributed by atoms with Crippen molar-refractivity contribution in [2.45, 2.75) is 13.5 Å². The van der Waals surface area contributed by atoms with Gasteiger partial charge in [-0.25, -0.2) is 8.78 Å². The second-order valence-electron chi connectivity index (χ2n) is 2.96. The lowest BCUT2D eigenvalue weighted by Crippen LogP contribution is -2.02. The summed E-state index contributed by atoms with van der Waals surface area (Å²) in [5, 5.41) is 2.40. The molecule has 3 nitrogen and oxygen atoms in total. The number of anilines is 1. The Morgan fingerprint density at radius 1 is 1.40 bits per heavy atom. The molecule has 1 aromatic rings. The van der Waals surface area contributed by atoms with Gasteiger partial charge in [-0.3, -0.25) is 4.79 Å². The Labute approximate surface area is 86.0 Å².